The SMILES string of the molecule is C/C=C1\C(=O)N2C=CS[C@@H]12. The molecule has 0 radical (unpaired) electrons. The Morgan fingerprint density at radius 3 is 3.30 bits per heavy atom. The summed E-state index contributed by atoms with van der Waals surface area (Å²) in [6.07, 6.45) is 3.73. The van der Waals surface area contributed by atoms with E-state index in [-0.39, 0.29) is 5.91 Å². The molecule has 1 saturated heterocycles. The second-order valence-corrected chi connectivity index (χ2v) is 3.22. The minimum atomic E-state index is 0.161. The molecule has 0 aliphatic carbocycles. The van der Waals surface area contributed by atoms with Crippen molar-refractivity contribution in [2.45, 2.75) is 12.3 Å². The van der Waals surface area contributed by atoms with Gasteiger partial charge in [0, 0.05) is 11.8 Å². The molecule has 2 rings (SSSR count). The van der Waals surface area contributed by atoms with Crippen LogP contribution in [-0.4, -0.2) is 16.2 Å². The van der Waals surface area contributed by atoms with E-state index in [1.807, 2.05) is 24.6 Å². The lowest BCUT2D eigenvalue weighted by atomic mass is 10.1. The van der Waals surface area contributed by atoms with Gasteiger partial charge < -0.3 is 0 Å². The van der Waals surface area contributed by atoms with Gasteiger partial charge in [-0.3, -0.25) is 9.69 Å². The van der Waals surface area contributed by atoms with E-state index in [4.69, 9.17) is 0 Å². The van der Waals surface area contributed by atoms with E-state index in [0.29, 0.717) is 5.37 Å². The molecular weight excluding hydrogens is 146 g/mol. The first kappa shape index (κ1) is 6.04. The average Bonchev–Trinajstić information content (AvgIpc) is 2.33. The van der Waals surface area contributed by atoms with Crippen molar-refractivity contribution in [1.82, 2.24) is 4.90 Å². The third kappa shape index (κ3) is 0.534. The van der Waals surface area contributed by atoms with Crippen LogP contribution in [0.4, 0.5) is 0 Å². The smallest absolute Gasteiger partial charge is 0.257 e. The molecule has 2 heterocycles. The van der Waals surface area contributed by atoms with Crippen molar-refractivity contribution < 1.29 is 4.79 Å². The van der Waals surface area contributed by atoms with Gasteiger partial charge in [-0.1, -0.05) is 6.08 Å². The Labute approximate surface area is 63.6 Å². The molecule has 0 aromatic carbocycles. The lowest BCUT2D eigenvalue weighted by Crippen LogP contribution is -2.47. The Kier molecular flexibility index (Phi) is 1.14. The summed E-state index contributed by atoms with van der Waals surface area (Å²) in [6, 6.07) is 0. The standard InChI is InChI=1S/C7H7NOS/c1-2-5-6(9)8-3-4-10-7(5)8/h2-4,7H,1H3/b5-2+/t7-/m0/s1. The van der Waals surface area contributed by atoms with Crippen molar-refractivity contribution in [2.24, 2.45) is 0 Å². The number of thioether (sulfide) groups is 1. The van der Waals surface area contributed by atoms with Crippen LogP contribution in [0.2, 0.25) is 0 Å². The van der Waals surface area contributed by atoms with Gasteiger partial charge in [-0.05, 0) is 12.3 Å². The molecule has 0 aromatic rings. The number of carbonyl (C=O) groups is 1. The third-order valence-corrected chi connectivity index (χ3v) is 2.76. The molecule has 2 nitrogen and oxygen atoms in total. The summed E-state index contributed by atoms with van der Waals surface area (Å²) in [5.74, 6) is 0.161. The molecule has 10 heavy (non-hydrogen) atoms. The number of carbonyl (C=O) groups excluding carboxylic acids is 1. The molecule has 1 fully saturated rings. The van der Waals surface area contributed by atoms with Crippen LogP contribution in [0.25, 0.3) is 0 Å². The van der Waals surface area contributed by atoms with Crippen LogP contribution in [0.15, 0.2) is 23.3 Å². The zero-order valence-corrected chi connectivity index (χ0v) is 6.39. The molecule has 0 spiro atoms. The average molecular weight is 153 g/mol. The third-order valence-electron chi connectivity index (χ3n) is 1.74. The maximum Gasteiger partial charge on any atom is 0.257 e. The molecule has 1 atom stereocenters. The molecule has 0 bridgehead atoms. The van der Waals surface area contributed by atoms with Crippen molar-refractivity contribution in [3.8, 4) is 0 Å². The number of allylic oxidation sites excluding steroid dienone is 1. The number of rotatable bonds is 0. The van der Waals surface area contributed by atoms with E-state index in [9.17, 15) is 4.79 Å². The predicted molar refractivity (Wildman–Crippen MR) is 41.1 cm³/mol. The largest absolute Gasteiger partial charge is 0.298 e. The fourth-order valence-electron chi connectivity index (χ4n) is 1.17. The molecule has 0 saturated carbocycles. The molecule has 1 amide bonds. The van der Waals surface area contributed by atoms with E-state index in [0.717, 1.165) is 5.57 Å². The molecule has 0 aromatic heterocycles. The van der Waals surface area contributed by atoms with Gasteiger partial charge in [0.25, 0.3) is 5.91 Å². The van der Waals surface area contributed by atoms with Crippen LogP contribution in [0, 0.1) is 0 Å². The van der Waals surface area contributed by atoms with Crippen molar-refractivity contribution in [2.75, 3.05) is 0 Å². The molecule has 2 aliphatic rings. The summed E-state index contributed by atoms with van der Waals surface area (Å²) in [4.78, 5) is 12.8. The van der Waals surface area contributed by atoms with Crippen LogP contribution in [0.1, 0.15) is 6.92 Å². The van der Waals surface area contributed by atoms with Gasteiger partial charge in [-0.2, -0.15) is 0 Å². The Balaban J connectivity index is 2.28. The summed E-state index contributed by atoms with van der Waals surface area (Å²) in [7, 11) is 0. The molecular formula is C7H7NOS. The molecule has 3 heteroatoms. The van der Waals surface area contributed by atoms with Gasteiger partial charge in [-0.25, -0.2) is 0 Å². The van der Waals surface area contributed by atoms with Gasteiger partial charge >= 0.3 is 0 Å². The number of hydrogen-bond acceptors (Lipinski definition) is 2. The molecule has 52 valence electrons. The van der Waals surface area contributed by atoms with Gasteiger partial charge in [0.2, 0.25) is 0 Å². The first-order valence-electron chi connectivity index (χ1n) is 3.15. The van der Waals surface area contributed by atoms with Gasteiger partial charge in [0.1, 0.15) is 5.37 Å². The Morgan fingerprint density at radius 1 is 1.80 bits per heavy atom. The zero-order chi connectivity index (χ0) is 7.14. The minimum absolute atomic E-state index is 0.161. The number of β-lactam (4-membered cyclic amide) rings is 1. The fraction of sp³-hybridized carbons (Fsp3) is 0.286. The summed E-state index contributed by atoms with van der Waals surface area (Å²) in [5.41, 5.74) is 0.940. The highest BCUT2D eigenvalue weighted by molar-refractivity contribution is 8.03. The van der Waals surface area contributed by atoms with Gasteiger partial charge in [-0.15, -0.1) is 11.8 Å². The van der Waals surface area contributed by atoms with Crippen molar-refractivity contribution in [3.05, 3.63) is 23.3 Å². The van der Waals surface area contributed by atoms with Crippen LogP contribution in [-0.2, 0) is 4.79 Å². The normalized spacial score (nSPS) is 32.9. The minimum Gasteiger partial charge on any atom is -0.298 e. The number of hydrogen-bond donors (Lipinski definition) is 0. The van der Waals surface area contributed by atoms with E-state index in [2.05, 4.69) is 0 Å². The monoisotopic (exact) mass is 153 g/mol. The fourth-order valence-corrected chi connectivity index (χ4v) is 2.20. The summed E-state index contributed by atoms with van der Waals surface area (Å²) in [5, 5.41) is 2.26. The van der Waals surface area contributed by atoms with Crippen molar-refractivity contribution in [1.29, 1.82) is 0 Å². The van der Waals surface area contributed by atoms with Gasteiger partial charge in [0.15, 0.2) is 0 Å². The summed E-state index contributed by atoms with van der Waals surface area (Å²) in [6.45, 7) is 1.91. The van der Waals surface area contributed by atoms with E-state index in [1.54, 1.807) is 16.7 Å². The topological polar surface area (TPSA) is 20.3 Å². The van der Waals surface area contributed by atoms with Crippen molar-refractivity contribution >= 4 is 17.7 Å². The second kappa shape index (κ2) is 1.89. The van der Waals surface area contributed by atoms with Crippen LogP contribution < -0.4 is 0 Å². The zero-order valence-electron chi connectivity index (χ0n) is 5.57. The van der Waals surface area contributed by atoms with Crippen LogP contribution in [0.5, 0.6) is 0 Å². The van der Waals surface area contributed by atoms with E-state index in [1.165, 1.54) is 0 Å². The molecule has 0 unspecified atom stereocenters. The second-order valence-electron chi connectivity index (χ2n) is 2.23. The van der Waals surface area contributed by atoms with Gasteiger partial charge in [0.05, 0.1) is 0 Å². The highest BCUT2D eigenvalue weighted by Crippen LogP contribution is 2.39. The number of fused-ring (bicyclic) bond motifs is 1. The quantitative estimate of drug-likeness (QED) is 0.386. The van der Waals surface area contributed by atoms with Crippen molar-refractivity contribution in [3.63, 3.8) is 0 Å². The van der Waals surface area contributed by atoms with E-state index >= 15 is 0 Å². The molecule has 0 N–H and O–H groups in total. The maximum absolute atomic E-state index is 11.1. The highest BCUT2D eigenvalue weighted by Gasteiger charge is 2.42. The predicted octanol–water partition coefficient (Wildman–Crippen LogP) is 1.32. The lowest BCUT2D eigenvalue weighted by molar-refractivity contribution is -0.130. The number of amides is 1. The summed E-state index contributed by atoms with van der Waals surface area (Å²) < 4.78 is 0. The summed E-state index contributed by atoms with van der Waals surface area (Å²) >= 11 is 1.68. The first-order chi connectivity index (χ1) is 4.84. The maximum atomic E-state index is 11.1. The van der Waals surface area contributed by atoms with Crippen LogP contribution >= 0.6 is 11.8 Å². The Hall–Kier alpha value is -0.700. The lowest BCUT2D eigenvalue weighted by Gasteiger charge is -2.35. The Bertz CT molecular complexity index is 244. The number of nitrogens with zero attached hydrogens (tertiary/aromatic N) is 1. The molecule has 2 aliphatic heterocycles. The first-order valence-corrected chi connectivity index (χ1v) is 4.10. The highest BCUT2D eigenvalue weighted by atomic mass is 32.2. The van der Waals surface area contributed by atoms with Crippen LogP contribution in [0.3, 0.4) is 0 Å². The Morgan fingerprint density at radius 2 is 2.60 bits per heavy atom. The van der Waals surface area contributed by atoms with E-state index < -0.39 is 0 Å².